The SMILES string of the molecule is CCCC=C(COC(C)=O)C(=O)OC(C)(C)C. The van der Waals surface area contributed by atoms with Crippen LogP contribution in [0.5, 0.6) is 0 Å². The van der Waals surface area contributed by atoms with Crippen molar-refractivity contribution in [3.05, 3.63) is 11.6 Å². The zero-order valence-electron chi connectivity index (χ0n) is 11.3. The Kier molecular flexibility index (Phi) is 6.54. The van der Waals surface area contributed by atoms with Gasteiger partial charge in [-0.25, -0.2) is 4.79 Å². The van der Waals surface area contributed by atoms with Gasteiger partial charge in [0.25, 0.3) is 0 Å². The summed E-state index contributed by atoms with van der Waals surface area (Å²) >= 11 is 0. The number of ether oxygens (including phenoxy) is 2. The van der Waals surface area contributed by atoms with E-state index < -0.39 is 17.5 Å². The van der Waals surface area contributed by atoms with Crippen molar-refractivity contribution in [1.29, 1.82) is 0 Å². The molecular formula is C13H22O4. The maximum Gasteiger partial charge on any atom is 0.337 e. The summed E-state index contributed by atoms with van der Waals surface area (Å²) < 4.78 is 10.1. The monoisotopic (exact) mass is 242 g/mol. The average molecular weight is 242 g/mol. The van der Waals surface area contributed by atoms with Crippen LogP contribution in [0.25, 0.3) is 0 Å². The Labute approximate surface area is 103 Å². The van der Waals surface area contributed by atoms with E-state index in [2.05, 4.69) is 0 Å². The van der Waals surface area contributed by atoms with Crippen molar-refractivity contribution in [2.24, 2.45) is 0 Å². The Morgan fingerprint density at radius 2 is 1.82 bits per heavy atom. The number of carbonyl (C=O) groups is 2. The number of hydrogen-bond donors (Lipinski definition) is 0. The first-order valence-corrected chi connectivity index (χ1v) is 5.82. The molecule has 0 aromatic rings. The van der Waals surface area contributed by atoms with Crippen molar-refractivity contribution < 1.29 is 19.1 Å². The molecule has 0 fully saturated rings. The average Bonchev–Trinajstić information content (AvgIpc) is 2.14. The molecule has 0 unspecified atom stereocenters. The second-order valence-electron chi connectivity index (χ2n) is 4.80. The first-order valence-electron chi connectivity index (χ1n) is 5.82. The number of unbranched alkanes of at least 4 members (excludes halogenated alkanes) is 1. The molecule has 98 valence electrons. The Morgan fingerprint density at radius 3 is 2.24 bits per heavy atom. The van der Waals surface area contributed by atoms with Gasteiger partial charge in [0.15, 0.2) is 0 Å². The van der Waals surface area contributed by atoms with Crippen molar-refractivity contribution in [3.8, 4) is 0 Å². The summed E-state index contributed by atoms with van der Waals surface area (Å²) in [4.78, 5) is 22.5. The second kappa shape index (κ2) is 7.09. The molecule has 0 atom stereocenters. The van der Waals surface area contributed by atoms with Crippen molar-refractivity contribution in [2.45, 2.75) is 53.1 Å². The van der Waals surface area contributed by atoms with E-state index in [9.17, 15) is 9.59 Å². The van der Waals surface area contributed by atoms with Crippen LogP contribution < -0.4 is 0 Å². The summed E-state index contributed by atoms with van der Waals surface area (Å²) in [5, 5.41) is 0. The van der Waals surface area contributed by atoms with Gasteiger partial charge in [-0.1, -0.05) is 19.4 Å². The lowest BCUT2D eigenvalue weighted by Crippen LogP contribution is -2.26. The van der Waals surface area contributed by atoms with E-state index in [1.807, 2.05) is 6.92 Å². The summed E-state index contributed by atoms with van der Waals surface area (Å²) in [7, 11) is 0. The van der Waals surface area contributed by atoms with E-state index in [1.54, 1.807) is 26.8 Å². The first-order chi connectivity index (χ1) is 7.76. The summed E-state index contributed by atoms with van der Waals surface area (Å²) in [6.07, 6.45) is 3.44. The van der Waals surface area contributed by atoms with Crippen molar-refractivity contribution in [1.82, 2.24) is 0 Å². The molecule has 0 aliphatic carbocycles. The zero-order chi connectivity index (χ0) is 13.5. The fourth-order valence-electron chi connectivity index (χ4n) is 1.04. The summed E-state index contributed by atoms with van der Waals surface area (Å²) in [5.41, 5.74) is -0.143. The van der Waals surface area contributed by atoms with Crippen LogP contribution in [-0.2, 0) is 19.1 Å². The van der Waals surface area contributed by atoms with E-state index in [4.69, 9.17) is 9.47 Å². The van der Waals surface area contributed by atoms with Crippen LogP contribution in [-0.4, -0.2) is 24.1 Å². The van der Waals surface area contributed by atoms with Crippen LogP contribution >= 0.6 is 0 Å². The minimum atomic E-state index is -0.543. The molecule has 0 rings (SSSR count). The molecule has 0 radical (unpaired) electrons. The highest BCUT2D eigenvalue weighted by atomic mass is 16.6. The molecule has 0 saturated carbocycles. The van der Waals surface area contributed by atoms with Crippen LogP contribution in [0.15, 0.2) is 11.6 Å². The number of hydrogen-bond acceptors (Lipinski definition) is 4. The smallest absolute Gasteiger partial charge is 0.337 e. The molecule has 4 heteroatoms. The van der Waals surface area contributed by atoms with Crippen LogP contribution in [0.2, 0.25) is 0 Å². The van der Waals surface area contributed by atoms with Gasteiger partial charge < -0.3 is 9.47 Å². The molecule has 0 aliphatic heterocycles. The van der Waals surface area contributed by atoms with Crippen molar-refractivity contribution >= 4 is 11.9 Å². The molecule has 0 N–H and O–H groups in total. The largest absolute Gasteiger partial charge is 0.461 e. The molecule has 0 aromatic carbocycles. The standard InChI is InChI=1S/C13H22O4/c1-6-7-8-11(9-16-10(2)14)12(15)17-13(3,4)5/h8H,6-7,9H2,1-5H3. The van der Waals surface area contributed by atoms with Gasteiger partial charge in [0.1, 0.15) is 12.2 Å². The van der Waals surface area contributed by atoms with Crippen molar-refractivity contribution in [3.63, 3.8) is 0 Å². The molecule has 4 nitrogen and oxygen atoms in total. The summed E-state index contributed by atoms with van der Waals surface area (Å²) in [6, 6.07) is 0. The predicted molar refractivity (Wildman–Crippen MR) is 65.5 cm³/mol. The fourth-order valence-corrected chi connectivity index (χ4v) is 1.04. The van der Waals surface area contributed by atoms with E-state index in [0.717, 1.165) is 12.8 Å². The number of rotatable bonds is 5. The molecular weight excluding hydrogens is 220 g/mol. The minimum absolute atomic E-state index is 0.0236. The van der Waals surface area contributed by atoms with E-state index in [-0.39, 0.29) is 6.61 Å². The maximum atomic E-state index is 11.8. The van der Waals surface area contributed by atoms with E-state index in [1.165, 1.54) is 6.92 Å². The number of carbonyl (C=O) groups excluding carboxylic acids is 2. The van der Waals surface area contributed by atoms with Gasteiger partial charge in [-0.15, -0.1) is 0 Å². The summed E-state index contributed by atoms with van der Waals surface area (Å²) in [5.74, 6) is -0.830. The van der Waals surface area contributed by atoms with Gasteiger partial charge >= 0.3 is 11.9 Å². The van der Waals surface area contributed by atoms with Crippen LogP contribution in [0.4, 0.5) is 0 Å². The Morgan fingerprint density at radius 1 is 1.24 bits per heavy atom. The van der Waals surface area contributed by atoms with Crippen LogP contribution in [0.3, 0.4) is 0 Å². The fraction of sp³-hybridized carbons (Fsp3) is 0.692. The Bertz CT molecular complexity index is 297. The molecule has 0 spiro atoms. The van der Waals surface area contributed by atoms with Gasteiger partial charge in [0.05, 0.1) is 5.57 Å². The zero-order valence-corrected chi connectivity index (χ0v) is 11.3. The third-order valence-corrected chi connectivity index (χ3v) is 1.77. The van der Waals surface area contributed by atoms with Gasteiger partial charge in [-0.3, -0.25) is 4.79 Å². The molecule has 0 aliphatic rings. The lowest BCUT2D eigenvalue weighted by atomic mass is 10.1. The van der Waals surface area contributed by atoms with Gasteiger partial charge in [0, 0.05) is 6.92 Å². The minimum Gasteiger partial charge on any atom is -0.461 e. The number of allylic oxidation sites excluding steroid dienone is 1. The van der Waals surface area contributed by atoms with E-state index in [0.29, 0.717) is 5.57 Å². The third-order valence-electron chi connectivity index (χ3n) is 1.77. The Balaban J connectivity index is 4.57. The highest BCUT2D eigenvalue weighted by Crippen LogP contribution is 2.12. The summed E-state index contributed by atoms with van der Waals surface area (Å²) in [6.45, 7) is 8.70. The highest BCUT2D eigenvalue weighted by molar-refractivity contribution is 5.89. The molecule has 0 heterocycles. The third kappa shape index (κ3) is 8.48. The first kappa shape index (κ1) is 15.7. The quantitative estimate of drug-likeness (QED) is 0.549. The van der Waals surface area contributed by atoms with Crippen LogP contribution in [0, 0.1) is 0 Å². The van der Waals surface area contributed by atoms with Gasteiger partial charge in [-0.2, -0.15) is 0 Å². The predicted octanol–water partition coefficient (Wildman–Crippen LogP) is 2.62. The normalized spacial score (nSPS) is 12.2. The molecule has 0 saturated heterocycles. The Hall–Kier alpha value is -1.32. The maximum absolute atomic E-state index is 11.8. The second-order valence-corrected chi connectivity index (χ2v) is 4.80. The lowest BCUT2D eigenvalue weighted by molar-refractivity contribution is -0.151. The topological polar surface area (TPSA) is 52.6 Å². The molecule has 0 amide bonds. The van der Waals surface area contributed by atoms with E-state index >= 15 is 0 Å². The number of esters is 2. The lowest BCUT2D eigenvalue weighted by Gasteiger charge is -2.20. The van der Waals surface area contributed by atoms with Gasteiger partial charge in [-0.05, 0) is 27.2 Å². The highest BCUT2D eigenvalue weighted by Gasteiger charge is 2.20. The van der Waals surface area contributed by atoms with Crippen LogP contribution in [0.1, 0.15) is 47.5 Å². The molecule has 17 heavy (non-hydrogen) atoms. The molecule has 0 bridgehead atoms. The van der Waals surface area contributed by atoms with Crippen molar-refractivity contribution in [2.75, 3.05) is 6.61 Å². The molecule has 0 aromatic heterocycles. The van der Waals surface area contributed by atoms with Gasteiger partial charge in [0.2, 0.25) is 0 Å².